The predicted octanol–water partition coefficient (Wildman–Crippen LogP) is 2.46. The van der Waals surface area contributed by atoms with E-state index in [1.807, 2.05) is 24.3 Å². The van der Waals surface area contributed by atoms with Gasteiger partial charge in [-0.3, -0.25) is 0 Å². The van der Waals surface area contributed by atoms with Gasteiger partial charge in [-0.25, -0.2) is 9.78 Å². The molecular weight excluding hydrogens is 246 g/mol. The van der Waals surface area contributed by atoms with Crippen molar-refractivity contribution in [3.05, 3.63) is 42.8 Å². The molecule has 1 unspecified atom stereocenters. The smallest absolute Gasteiger partial charge is 0.335 e. The molecule has 2 aromatic rings. The quantitative estimate of drug-likeness (QED) is 0.590. The van der Waals surface area contributed by atoms with Gasteiger partial charge in [-0.1, -0.05) is 18.2 Å². The number of carbonyl (C=O) groups excluding carboxylic acids is 1. The average molecular weight is 261 g/mol. The van der Waals surface area contributed by atoms with E-state index in [4.69, 9.17) is 13.9 Å². The number of carbonyl (C=O) groups is 1. The van der Waals surface area contributed by atoms with Gasteiger partial charge in [-0.2, -0.15) is 0 Å². The standard InChI is InChI=1S/C14H15NO4/c1-3-8-17-10(2)14(16)18-9-13-15-11-6-4-5-7-12(11)19-13/h3-7,10H,1,8-9H2,2H3. The molecule has 0 aliphatic rings. The Bertz CT molecular complexity index is 543. The van der Waals surface area contributed by atoms with Crippen molar-refractivity contribution in [1.29, 1.82) is 0 Å². The highest BCUT2D eigenvalue weighted by Gasteiger charge is 2.15. The Hall–Kier alpha value is -2.14. The average Bonchev–Trinajstić information content (AvgIpc) is 2.84. The maximum Gasteiger partial charge on any atom is 0.335 e. The van der Waals surface area contributed by atoms with Crippen molar-refractivity contribution >= 4 is 17.1 Å². The Morgan fingerprint density at radius 1 is 1.53 bits per heavy atom. The van der Waals surface area contributed by atoms with E-state index in [-0.39, 0.29) is 6.61 Å². The molecule has 2 rings (SSSR count). The van der Waals surface area contributed by atoms with Crippen LogP contribution in [0.5, 0.6) is 0 Å². The molecular formula is C14H15NO4. The van der Waals surface area contributed by atoms with Crippen LogP contribution in [-0.4, -0.2) is 23.7 Å². The number of aromatic nitrogens is 1. The molecule has 0 radical (unpaired) electrons. The number of nitrogens with zero attached hydrogens (tertiary/aromatic N) is 1. The van der Waals surface area contributed by atoms with Gasteiger partial charge in [0.05, 0.1) is 6.61 Å². The highest BCUT2D eigenvalue weighted by molar-refractivity contribution is 5.74. The van der Waals surface area contributed by atoms with Crippen molar-refractivity contribution in [2.24, 2.45) is 0 Å². The largest absolute Gasteiger partial charge is 0.454 e. The molecule has 1 aromatic heterocycles. The van der Waals surface area contributed by atoms with Gasteiger partial charge in [0.2, 0.25) is 5.89 Å². The number of fused-ring (bicyclic) bond motifs is 1. The Labute approximate surface area is 110 Å². The summed E-state index contributed by atoms with van der Waals surface area (Å²) in [5.41, 5.74) is 1.41. The zero-order valence-electron chi connectivity index (χ0n) is 10.7. The van der Waals surface area contributed by atoms with E-state index in [9.17, 15) is 4.79 Å². The molecule has 0 aliphatic heterocycles. The van der Waals surface area contributed by atoms with E-state index in [0.29, 0.717) is 18.1 Å². The maximum absolute atomic E-state index is 11.6. The van der Waals surface area contributed by atoms with Crippen LogP contribution >= 0.6 is 0 Å². The fourth-order valence-corrected chi connectivity index (χ4v) is 1.51. The molecule has 0 saturated carbocycles. The van der Waals surface area contributed by atoms with Gasteiger partial charge in [-0.15, -0.1) is 6.58 Å². The Morgan fingerprint density at radius 2 is 2.32 bits per heavy atom. The third-order valence-corrected chi connectivity index (χ3v) is 2.47. The molecule has 0 bridgehead atoms. The van der Waals surface area contributed by atoms with Crippen molar-refractivity contribution in [1.82, 2.24) is 4.98 Å². The molecule has 0 fully saturated rings. The molecule has 100 valence electrons. The fourth-order valence-electron chi connectivity index (χ4n) is 1.51. The highest BCUT2D eigenvalue weighted by Crippen LogP contribution is 2.15. The van der Waals surface area contributed by atoms with Crippen LogP contribution in [0, 0.1) is 0 Å². The molecule has 0 aliphatic carbocycles. The number of ether oxygens (including phenoxy) is 2. The molecule has 5 heteroatoms. The zero-order valence-corrected chi connectivity index (χ0v) is 10.7. The van der Waals surface area contributed by atoms with Crippen LogP contribution < -0.4 is 0 Å². The highest BCUT2D eigenvalue weighted by atomic mass is 16.6. The van der Waals surface area contributed by atoms with Gasteiger partial charge in [0.25, 0.3) is 0 Å². The number of benzene rings is 1. The summed E-state index contributed by atoms with van der Waals surface area (Å²) < 4.78 is 15.7. The van der Waals surface area contributed by atoms with Crippen LogP contribution in [0.15, 0.2) is 41.3 Å². The lowest BCUT2D eigenvalue weighted by Gasteiger charge is -2.09. The third-order valence-electron chi connectivity index (χ3n) is 2.47. The number of rotatable bonds is 6. The number of para-hydroxylation sites is 2. The van der Waals surface area contributed by atoms with Crippen LogP contribution in [0.1, 0.15) is 12.8 Å². The third kappa shape index (κ3) is 3.42. The van der Waals surface area contributed by atoms with E-state index < -0.39 is 12.1 Å². The van der Waals surface area contributed by atoms with E-state index in [0.717, 1.165) is 5.52 Å². The lowest BCUT2D eigenvalue weighted by molar-refractivity contribution is -0.157. The molecule has 0 spiro atoms. The first kappa shape index (κ1) is 13.3. The molecule has 1 heterocycles. The summed E-state index contributed by atoms with van der Waals surface area (Å²) in [6, 6.07) is 7.36. The second-order valence-electron chi connectivity index (χ2n) is 3.95. The van der Waals surface area contributed by atoms with Crippen molar-refractivity contribution in [2.75, 3.05) is 6.61 Å². The van der Waals surface area contributed by atoms with Crippen molar-refractivity contribution in [3.63, 3.8) is 0 Å². The van der Waals surface area contributed by atoms with Gasteiger partial charge >= 0.3 is 5.97 Å². The van der Waals surface area contributed by atoms with Crippen LogP contribution in [0.2, 0.25) is 0 Å². The van der Waals surface area contributed by atoms with Crippen LogP contribution in [0.25, 0.3) is 11.1 Å². The maximum atomic E-state index is 11.6. The first-order valence-corrected chi connectivity index (χ1v) is 5.94. The van der Waals surface area contributed by atoms with Crippen molar-refractivity contribution in [3.8, 4) is 0 Å². The number of esters is 1. The number of hydrogen-bond acceptors (Lipinski definition) is 5. The van der Waals surface area contributed by atoms with Crippen molar-refractivity contribution in [2.45, 2.75) is 19.6 Å². The van der Waals surface area contributed by atoms with Crippen molar-refractivity contribution < 1.29 is 18.7 Å². The molecule has 19 heavy (non-hydrogen) atoms. The molecule has 1 atom stereocenters. The fraction of sp³-hybridized carbons (Fsp3) is 0.286. The van der Waals surface area contributed by atoms with Gasteiger partial charge < -0.3 is 13.9 Å². The Morgan fingerprint density at radius 3 is 3.05 bits per heavy atom. The van der Waals surface area contributed by atoms with Gasteiger partial charge in [0, 0.05) is 0 Å². The van der Waals surface area contributed by atoms with Crippen LogP contribution in [0.3, 0.4) is 0 Å². The predicted molar refractivity (Wildman–Crippen MR) is 69.4 cm³/mol. The summed E-state index contributed by atoms with van der Waals surface area (Å²) in [4.78, 5) is 15.8. The molecule has 0 saturated heterocycles. The summed E-state index contributed by atoms with van der Waals surface area (Å²) in [5.74, 6) is -0.0884. The summed E-state index contributed by atoms with van der Waals surface area (Å²) in [7, 11) is 0. The second-order valence-corrected chi connectivity index (χ2v) is 3.95. The summed E-state index contributed by atoms with van der Waals surface area (Å²) >= 11 is 0. The molecule has 5 nitrogen and oxygen atoms in total. The van der Waals surface area contributed by atoms with E-state index in [1.54, 1.807) is 13.0 Å². The zero-order chi connectivity index (χ0) is 13.7. The van der Waals surface area contributed by atoms with Crippen LogP contribution in [-0.2, 0) is 20.9 Å². The Balaban J connectivity index is 1.91. The minimum absolute atomic E-state index is 0.00466. The lowest BCUT2D eigenvalue weighted by atomic mass is 10.3. The molecule has 0 N–H and O–H groups in total. The molecule has 1 aromatic carbocycles. The SMILES string of the molecule is C=CCOC(C)C(=O)OCc1nc2ccccc2o1. The Kier molecular flexibility index (Phi) is 4.30. The summed E-state index contributed by atoms with van der Waals surface area (Å²) in [6.45, 7) is 5.43. The van der Waals surface area contributed by atoms with Gasteiger partial charge in [0.15, 0.2) is 18.3 Å². The number of hydrogen-bond donors (Lipinski definition) is 0. The first-order valence-electron chi connectivity index (χ1n) is 5.94. The second kappa shape index (κ2) is 6.15. The summed E-state index contributed by atoms with van der Waals surface area (Å²) in [5, 5.41) is 0. The van der Waals surface area contributed by atoms with E-state index in [1.165, 1.54) is 0 Å². The minimum Gasteiger partial charge on any atom is -0.454 e. The first-order chi connectivity index (χ1) is 9.20. The summed E-state index contributed by atoms with van der Waals surface area (Å²) in [6.07, 6.45) is 0.937. The van der Waals surface area contributed by atoms with Gasteiger partial charge in [-0.05, 0) is 19.1 Å². The van der Waals surface area contributed by atoms with Gasteiger partial charge in [0.1, 0.15) is 5.52 Å². The van der Waals surface area contributed by atoms with E-state index in [2.05, 4.69) is 11.6 Å². The minimum atomic E-state index is -0.637. The molecule has 0 amide bonds. The topological polar surface area (TPSA) is 61.6 Å². The lowest BCUT2D eigenvalue weighted by Crippen LogP contribution is -2.23. The normalized spacial score (nSPS) is 12.3. The van der Waals surface area contributed by atoms with E-state index >= 15 is 0 Å². The monoisotopic (exact) mass is 261 g/mol. The number of oxazole rings is 1. The van der Waals surface area contributed by atoms with Crippen LogP contribution in [0.4, 0.5) is 0 Å².